The van der Waals surface area contributed by atoms with Crippen molar-refractivity contribution in [3.63, 3.8) is 0 Å². The van der Waals surface area contributed by atoms with Crippen molar-refractivity contribution in [2.24, 2.45) is 0 Å². The number of benzene rings is 1. The highest BCUT2D eigenvalue weighted by molar-refractivity contribution is 5.64. The molecule has 0 spiro atoms. The topological polar surface area (TPSA) is 92.9 Å². The first-order valence-corrected chi connectivity index (χ1v) is 5.08. The van der Waals surface area contributed by atoms with Gasteiger partial charge in [0.15, 0.2) is 11.6 Å². The van der Waals surface area contributed by atoms with Crippen molar-refractivity contribution in [3.05, 3.63) is 33.6 Å². The minimum atomic E-state index is -3.35. The molecule has 0 aromatic heterocycles. The molecule has 0 fully saturated rings. The van der Waals surface area contributed by atoms with Gasteiger partial charge < -0.3 is 14.7 Å². The van der Waals surface area contributed by atoms with Gasteiger partial charge in [-0.15, -0.1) is 0 Å². The summed E-state index contributed by atoms with van der Waals surface area (Å²) in [6.45, 7) is -3.89. The Morgan fingerprint density at radius 3 is 2.60 bits per heavy atom. The maximum absolute atomic E-state index is 13.6. The van der Waals surface area contributed by atoms with Crippen LogP contribution < -0.4 is 4.74 Å². The highest BCUT2D eigenvalue weighted by Crippen LogP contribution is 2.30. The minimum absolute atomic E-state index is 0.373. The Balaban J connectivity index is 3.26. The zero-order valence-corrected chi connectivity index (χ0v) is 10.0. The number of carboxylic acid groups (broad SMARTS) is 1. The average molecular weight is 294 g/mol. The van der Waals surface area contributed by atoms with Crippen molar-refractivity contribution in [2.45, 2.75) is 13.2 Å². The lowest BCUT2D eigenvalue weighted by Gasteiger charge is -2.16. The molecule has 10 heteroatoms. The summed E-state index contributed by atoms with van der Waals surface area (Å²) in [5.41, 5.74) is -1.07. The summed E-state index contributed by atoms with van der Waals surface area (Å²) in [5.74, 6) is -2.29. The van der Waals surface area contributed by atoms with Crippen molar-refractivity contribution in [1.29, 1.82) is 0 Å². The van der Waals surface area contributed by atoms with Gasteiger partial charge in [-0.3, -0.25) is 10.1 Å². The third kappa shape index (κ3) is 3.73. The van der Waals surface area contributed by atoms with Gasteiger partial charge in [0, 0.05) is 18.7 Å². The lowest BCUT2D eigenvalue weighted by atomic mass is 10.1. The van der Waals surface area contributed by atoms with E-state index in [4.69, 9.17) is 5.11 Å². The van der Waals surface area contributed by atoms with Crippen LogP contribution in [0.2, 0.25) is 0 Å². The van der Waals surface area contributed by atoms with Gasteiger partial charge in [0.25, 0.3) is 5.69 Å². The largest absolute Gasteiger partial charge is 0.465 e. The van der Waals surface area contributed by atoms with Crippen molar-refractivity contribution in [3.8, 4) is 5.75 Å². The maximum Gasteiger partial charge on any atom is 0.407 e. The molecule has 20 heavy (non-hydrogen) atoms. The van der Waals surface area contributed by atoms with Crippen LogP contribution in [0.4, 0.5) is 23.7 Å². The molecule has 1 aromatic rings. The highest BCUT2D eigenvalue weighted by Gasteiger charge is 2.22. The second-order valence-electron chi connectivity index (χ2n) is 3.69. The second kappa shape index (κ2) is 6.08. The molecule has 1 aromatic carbocycles. The van der Waals surface area contributed by atoms with E-state index in [1.165, 1.54) is 0 Å². The summed E-state index contributed by atoms with van der Waals surface area (Å²) in [6, 6.07) is 1.20. The predicted octanol–water partition coefficient (Wildman–Crippen LogP) is 2.45. The first kappa shape index (κ1) is 15.5. The number of nitrogens with zero attached hydrogens (tertiary/aromatic N) is 2. The van der Waals surface area contributed by atoms with E-state index >= 15 is 0 Å². The van der Waals surface area contributed by atoms with E-state index in [0.717, 1.165) is 13.1 Å². The number of hydrogen-bond donors (Lipinski definition) is 1. The quantitative estimate of drug-likeness (QED) is 0.665. The number of halogens is 3. The fraction of sp³-hybridized carbons (Fsp3) is 0.300. The summed E-state index contributed by atoms with van der Waals surface area (Å²) in [4.78, 5) is 20.9. The number of non-ortho nitro benzene ring substituents is 1. The maximum atomic E-state index is 13.6. The van der Waals surface area contributed by atoms with E-state index in [1.54, 1.807) is 0 Å². The van der Waals surface area contributed by atoms with Gasteiger partial charge in [0.1, 0.15) is 0 Å². The van der Waals surface area contributed by atoms with Gasteiger partial charge >= 0.3 is 12.7 Å². The molecule has 0 saturated carbocycles. The first-order valence-electron chi connectivity index (χ1n) is 5.08. The molecule has 0 unspecified atom stereocenters. The summed E-state index contributed by atoms with van der Waals surface area (Å²) >= 11 is 0. The summed E-state index contributed by atoms with van der Waals surface area (Å²) in [6.07, 6.45) is -1.42. The summed E-state index contributed by atoms with van der Waals surface area (Å²) < 4.78 is 41.9. The minimum Gasteiger partial charge on any atom is -0.465 e. The molecule has 1 N–H and O–H groups in total. The molecule has 0 aliphatic heterocycles. The number of rotatable bonds is 5. The number of nitro benzene ring substituents is 1. The van der Waals surface area contributed by atoms with Crippen LogP contribution in [-0.4, -0.2) is 34.7 Å². The van der Waals surface area contributed by atoms with E-state index < -0.39 is 41.4 Å². The van der Waals surface area contributed by atoms with Gasteiger partial charge in [-0.25, -0.2) is 9.18 Å². The van der Waals surface area contributed by atoms with E-state index in [0.29, 0.717) is 11.0 Å². The van der Waals surface area contributed by atoms with Crippen molar-refractivity contribution < 1.29 is 32.7 Å². The first-order chi connectivity index (χ1) is 9.22. The lowest BCUT2D eigenvalue weighted by molar-refractivity contribution is -0.385. The Morgan fingerprint density at radius 1 is 1.55 bits per heavy atom. The predicted molar refractivity (Wildman–Crippen MR) is 59.2 cm³/mol. The smallest absolute Gasteiger partial charge is 0.407 e. The van der Waals surface area contributed by atoms with Crippen LogP contribution >= 0.6 is 0 Å². The molecule has 0 aliphatic rings. The van der Waals surface area contributed by atoms with Gasteiger partial charge in [-0.2, -0.15) is 8.78 Å². The Hall–Kier alpha value is -2.52. The van der Waals surface area contributed by atoms with Crippen molar-refractivity contribution in [1.82, 2.24) is 4.90 Å². The number of carbonyl (C=O) groups is 1. The molecule has 0 radical (unpaired) electrons. The number of nitro groups is 1. The van der Waals surface area contributed by atoms with Crippen LogP contribution in [0.5, 0.6) is 5.75 Å². The Morgan fingerprint density at radius 2 is 2.15 bits per heavy atom. The fourth-order valence-electron chi connectivity index (χ4n) is 1.40. The van der Waals surface area contributed by atoms with Crippen LogP contribution in [0.3, 0.4) is 0 Å². The summed E-state index contributed by atoms with van der Waals surface area (Å²) in [5, 5.41) is 19.3. The molecule has 7 nitrogen and oxygen atoms in total. The van der Waals surface area contributed by atoms with Crippen LogP contribution in [0.1, 0.15) is 5.56 Å². The summed E-state index contributed by atoms with van der Waals surface area (Å²) in [7, 11) is 1.09. The van der Waals surface area contributed by atoms with Crippen molar-refractivity contribution >= 4 is 11.8 Å². The monoisotopic (exact) mass is 294 g/mol. The van der Waals surface area contributed by atoms with Gasteiger partial charge in [0.2, 0.25) is 0 Å². The molecular formula is C10H9F3N2O5. The second-order valence-corrected chi connectivity index (χ2v) is 3.69. The van der Waals surface area contributed by atoms with Crippen LogP contribution in [0, 0.1) is 15.9 Å². The molecule has 0 atom stereocenters. The lowest BCUT2D eigenvalue weighted by Crippen LogP contribution is -2.24. The zero-order valence-electron chi connectivity index (χ0n) is 10.0. The molecule has 1 rings (SSSR count). The molecule has 0 saturated heterocycles. The molecule has 0 aliphatic carbocycles. The molecule has 0 bridgehead atoms. The highest BCUT2D eigenvalue weighted by atomic mass is 19.3. The fourth-order valence-corrected chi connectivity index (χ4v) is 1.40. The average Bonchev–Trinajstić information content (AvgIpc) is 2.32. The van der Waals surface area contributed by atoms with Gasteiger partial charge in [0.05, 0.1) is 17.5 Å². The van der Waals surface area contributed by atoms with Crippen LogP contribution in [-0.2, 0) is 6.54 Å². The third-order valence-electron chi connectivity index (χ3n) is 2.26. The molecular weight excluding hydrogens is 285 g/mol. The van der Waals surface area contributed by atoms with E-state index in [9.17, 15) is 28.1 Å². The van der Waals surface area contributed by atoms with E-state index in [2.05, 4.69) is 4.74 Å². The Bertz CT molecular complexity index is 538. The number of amides is 1. The normalized spacial score (nSPS) is 10.4. The molecule has 1 amide bonds. The number of alkyl halides is 2. The number of hydrogen-bond acceptors (Lipinski definition) is 4. The van der Waals surface area contributed by atoms with E-state index in [1.807, 2.05) is 0 Å². The standard InChI is InChI=1S/C10H9F3N2O5/c1-14(10(16)17)4-5-2-6(15(18)19)3-7(11)8(5)20-9(12)13/h2-3,9H,4H2,1H3,(H,16,17). The Labute approximate surface area is 110 Å². The zero-order chi connectivity index (χ0) is 15.4. The van der Waals surface area contributed by atoms with Crippen LogP contribution in [0.15, 0.2) is 12.1 Å². The van der Waals surface area contributed by atoms with E-state index in [-0.39, 0.29) is 5.56 Å². The number of ether oxygens (including phenoxy) is 1. The van der Waals surface area contributed by atoms with Crippen molar-refractivity contribution in [2.75, 3.05) is 7.05 Å². The molecule has 110 valence electrons. The van der Waals surface area contributed by atoms with Crippen LogP contribution in [0.25, 0.3) is 0 Å². The molecule has 0 heterocycles. The SMILES string of the molecule is CN(Cc1cc([N+](=O)[O-])cc(F)c1OC(F)F)C(=O)O. The van der Waals surface area contributed by atoms with Gasteiger partial charge in [-0.1, -0.05) is 0 Å². The van der Waals surface area contributed by atoms with Gasteiger partial charge in [-0.05, 0) is 0 Å². The Kier molecular flexibility index (Phi) is 4.73. The third-order valence-corrected chi connectivity index (χ3v) is 2.26.